The highest BCUT2D eigenvalue weighted by Gasteiger charge is 2.13. The van der Waals surface area contributed by atoms with Crippen molar-refractivity contribution in [3.05, 3.63) is 53.6 Å². The second-order valence-corrected chi connectivity index (χ2v) is 5.10. The molecule has 0 bridgehead atoms. The Morgan fingerprint density at radius 3 is 2.21 bits per heavy atom. The van der Waals surface area contributed by atoms with Gasteiger partial charge in [-0.2, -0.15) is 0 Å². The molecule has 6 heteroatoms. The molecular formula is C18H21NO5. The number of methoxy groups -OCH3 is 3. The molecule has 0 aliphatic rings. The third kappa shape index (κ3) is 4.39. The molecule has 2 aromatic carbocycles. The quantitative estimate of drug-likeness (QED) is 0.813. The maximum atomic E-state index is 12.3. The van der Waals surface area contributed by atoms with E-state index in [0.717, 1.165) is 0 Å². The van der Waals surface area contributed by atoms with Crippen molar-refractivity contribution in [1.29, 1.82) is 0 Å². The molecule has 0 aromatic heterocycles. The fourth-order valence-electron chi connectivity index (χ4n) is 2.20. The van der Waals surface area contributed by atoms with Crippen molar-refractivity contribution in [3.63, 3.8) is 0 Å². The molecule has 0 spiro atoms. The minimum atomic E-state index is -0.837. The van der Waals surface area contributed by atoms with Crippen LogP contribution in [0.1, 0.15) is 22.0 Å². The monoisotopic (exact) mass is 331 g/mol. The van der Waals surface area contributed by atoms with Gasteiger partial charge in [0.25, 0.3) is 5.91 Å². The zero-order chi connectivity index (χ0) is 17.5. The smallest absolute Gasteiger partial charge is 0.251 e. The van der Waals surface area contributed by atoms with Crippen LogP contribution in [0.2, 0.25) is 0 Å². The number of carbonyl (C=O) groups excluding carboxylic acids is 1. The van der Waals surface area contributed by atoms with Crippen LogP contribution in [-0.2, 0) is 0 Å². The van der Waals surface area contributed by atoms with Gasteiger partial charge in [0, 0.05) is 18.2 Å². The van der Waals surface area contributed by atoms with Gasteiger partial charge in [0.1, 0.15) is 17.2 Å². The summed E-state index contributed by atoms with van der Waals surface area (Å²) in [6.45, 7) is 0.0749. The molecule has 0 radical (unpaired) electrons. The van der Waals surface area contributed by atoms with Gasteiger partial charge in [-0.25, -0.2) is 0 Å². The summed E-state index contributed by atoms with van der Waals surface area (Å²) in [5, 5.41) is 12.9. The number of amides is 1. The van der Waals surface area contributed by atoms with Crippen molar-refractivity contribution in [2.24, 2.45) is 0 Å². The molecule has 0 heterocycles. The minimum absolute atomic E-state index is 0.0749. The predicted octanol–water partition coefficient (Wildman–Crippen LogP) is 2.18. The van der Waals surface area contributed by atoms with E-state index in [1.807, 2.05) is 0 Å². The number of benzene rings is 2. The van der Waals surface area contributed by atoms with E-state index in [4.69, 9.17) is 14.2 Å². The van der Waals surface area contributed by atoms with Crippen LogP contribution in [0.4, 0.5) is 0 Å². The molecule has 2 N–H and O–H groups in total. The summed E-state index contributed by atoms with van der Waals surface area (Å²) in [4.78, 5) is 12.3. The van der Waals surface area contributed by atoms with Gasteiger partial charge in [-0.05, 0) is 29.8 Å². The Kier molecular flexibility index (Phi) is 6.03. The molecule has 0 saturated heterocycles. The lowest BCUT2D eigenvalue weighted by Gasteiger charge is -2.14. The SMILES string of the molecule is COc1cc(OC)cc(C(=O)NCC(O)c2cccc(OC)c2)c1. The summed E-state index contributed by atoms with van der Waals surface area (Å²) in [5.74, 6) is 1.37. The lowest BCUT2D eigenvalue weighted by Crippen LogP contribution is -2.28. The Morgan fingerprint density at radius 1 is 1.00 bits per heavy atom. The van der Waals surface area contributed by atoms with Crippen molar-refractivity contribution in [3.8, 4) is 17.2 Å². The van der Waals surface area contributed by atoms with Crippen LogP contribution in [-0.4, -0.2) is 38.9 Å². The van der Waals surface area contributed by atoms with Crippen LogP contribution in [0.25, 0.3) is 0 Å². The van der Waals surface area contributed by atoms with E-state index in [1.165, 1.54) is 14.2 Å². The largest absolute Gasteiger partial charge is 0.497 e. The van der Waals surface area contributed by atoms with Crippen LogP contribution in [0.5, 0.6) is 17.2 Å². The van der Waals surface area contributed by atoms with Crippen molar-refractivity contribution in [2.75, 3.05) is 27.9 Å². The maximum absolute atomic E-state index is 12.3. The first-order valence-corrected chi connectivity index (χ1v) is 7.40. The third-order valence-corrected chi connectivity index (χ3v) is 3.55. The number of nitrogens with one attached hydrogen (secondary N) is 1. The number of aliphatic hydroxyl groups is 1. The molecule has 1 unspecified atom stereocenters. The van der Waals surface area contributed by atoms with Gasteiger partial charge in [0.05, 0.1) is 27.4 Å². The molecule has 6 nitrogen and oxygen atoms in total. The molecule has 0 aliphatic heterocycles. The van der Waals surface area contributed by atoms with Crippen molar-refractivity contribution >= 4 is 5.91 Å². The number of hydrogen-bond acceptors (Lipinski definition) is 5. The summed E-state index contributed by atoms with van der Waals surface area (Å²) in [6, 6.07) is 12.0. The van der Waals surface area contributed by atoms with Gasteiger partial charge < -0.3 is 24.6 Å². The van der Waals surface area contributed by atoms with E-state index in [-0.39, 0.29) is 12.5 Å². The molecule has 0 fully saturated rings. The Morgan fingerprint density at radius 2 is 1.62 bits per heavy atom. The molecule has 2 aromatic rings. The summed E-state index contributed by atoms with van der Waals surface area (Å²) in [6.07, 6.45) is -0.837. The highest BCUT2D eigenvalue weighted by atomic mass is 16.5. The second kappa shape index (κ2) is 8.21. The highest BCUT2D eigenvalue weighted by molar-refractivity contribution is 5.95. The lowest BCUT2D eigenvalue weighted by molar-refractivity contribution is 0.0915. The Labute approximate surface area is 141 Å². The number of hydrogen-bond donors (Lipinski definition) is 2. The van der Waals surface area contributed by atoms with E-state index >= 15 is 0 Å². The number of ether oxygens (including phenoxy) is 3. The van der Waals surface area contributed by atoms with E-state index in [2.05, 4.69) is 5.32 Å². The van der Waals surface area contributed by atoms with Gasteiger partial charge in [-0.1, -0.05) is 12.1 Å². The standard InChI is InChI=1S/C18H21NO5/c1-22-14-6-4-5-12(7-14)17(20)11-19-18(21)13-8-15(23-2)10-16(9-13)24-3/h4-10,17,20H,11H2,1-3H3,(H,19,21). The first-order chi connectivity index (χ1) is 11.6. The summed E-state index contributed by atoms with van der Waals surface area (Å²) >= 11 is 0. The van der Waals surface area contributed by atoms with Gasteiger partial charge in [-0.15, -0.1) is 0 Å². The van der Waals surface area contributed by atoms with Gasteiger partial charge in [0.2, 0.25) is 0 Å². The number of aliphatic hydroxyl groups excluding tert-OH is 1. The van der Waals surface area contributed by atoms with Crippen molar-refractivity contribution in [2.45, 2.75) is 6.10 Å². The van der Waals surface area contributed by atoms with Crippen LogP contribution in [0, 0.1) is 0 Å². The number of carbonyl (C=O) groups is 1. The van der Waals surface area contributed by atoms with Gasteiger partial charge >= 0.3 is 0 Å². The molecule has 24 heavy (non-hydrogen) atoms. The third-order valence-electron chi connectivity index (χ3n) is 3.55. The minimum Gasteiger partial charge on any atom is -0.497 e. The van der Waals surface area contributed by atoms with Crippen LogP contribution < -0.4 is 19.5 Å². The van der Waals surface area contributed by atoms with Gasteiger partial charge in [-0.3, -0.25) is 4.79 Å². The molecule has 1 amide bonds. The molecule has 0 saturated carbocycles. The fraction of sp³-hybridized carbons (Fsp3) is 0.278. The fourth-order valence-corrected chi connectivity index (χ4v) is 2.20. The summed E-state index contributed by atoms with van der Waals surface area (Å²) in [5.41, 5.74) is 1.06. The van der Waals surface area contributed by atoms with Crippen LogP contribution in [0.15, 0.2) is 42.5 Å². The molecule has 128 valence electrons. The predicted molar refractivity (Wildman–Crippen MR) is 89.8 cm³/mol. The van der Waals surface area contributed by atoms with Crippen LogP contribution in [0.3, 0.4) is 0 Å². The Hall–Kier alpha value is -2.73. The normalized spacial score (nSPS) is 11.5. The number of rotatable bonds is 7. The topological polar surface area (TPSA) is 77.0 Å². The summed E-state index contributed by atoms with van der Waals surface area (Å²) in [7, 11) is 4.59. The van der Waals surface area contributed by atoms with Crippen molar-refractivity contribution in [1.82, 2.24) is 5.32 Å². The Balaban J connectivity index is 2.04. The maximum Gasteiger partial charge on any atom is 0.251 e. The zero-order valence-electron chi connectivity index (χ0n) is 13.9. The zero-order valence-corrected chi connectivity index (χ0v) is 13.9. The average molecular weight is 331 g/mol. The molecule has 1 atom stereocenters. The molecule has 2 rings (SSSR count). The van der Waals surface area contributed by atoms with E-state index in [1.54, 1.807) is 49.6 Å². The van der Waals surface area contributed by atoms with E-state index < -0.39 is 6.10 Å². The lowest BCUT2D eigenvalue weighted by atomic mass is 10.1. The van der Waals surface area contributed by atoms with Crippen LogP contribution >= 0.6 is 0 Å². The summed E-state index contributed by atoms with van der Waals surface area (Å²) < 4.78 is 15.4. The first kappa shape index (κ1) is 17.6. The van der Waals surface area contributed by atoms with Crippen molar-refractivity contribution < 1.29 is 24.1 Å². The second-order valence-electron chi connectivity index (χ2n) is 5.10. The molecule has 0 aliphatic carbocycles. The average Bonchev–Trinajstić information content (AvgIpc) is 2.65. The highest BCUT2D eigenvalue weighted by Crippen LogP contribution is 2.23. The van der Waals surface area contributed by atoms with Gasteiger partial charge in [0.15, 0.2) is 0 Å². The first-order valence-electron chi connectivity index (χ1n) is 7.40. The Bertz CT molecular complexity index is 679. The molecular weight excluding hydrogens is 310 g/mol. The van der Waals surface area contributed by atoms with E-state index in [0.29, 0.717) is 28.4 Å². The van der Waals surface area contributed by atoms with E-state index in [9.17, 15) is 9.90 Å².